The number of methoxy groups -OCH3 is 1. The molecular formula is C20H23ClN6O2. The number of pyridine rings is 1. The van der Waals surface area contributed by atoms with Crippen LogP contribution in [0.15, 0.2) is 30.5 Å². The molecule has 0 saturated carbocycles. The van der Waals surface area contributed by atoms with Crippen LogP contribution in [-0.2, 0) is 11.3 Å². The smallest absolute Gasteiger partial charge is 0.247 e. The van der Waals surface area contributed by atoms with E-state index in [9.17, 15) is 4.79 Å². The molecule has 29 heavy (non-hydrogen) atoms. The summed E-state index contributed by atoms with van der Waals surface area (Å²) < 4.78 is 5.42. The average Bonchev–Trinajstić information content (AvgIpc) is 3.18. The molecule has 0 radical (unpaired) electrons. The van der Waals surface area contributed by atoms with E-state index >= 15 is 0 Å². The summed E-state index contributed by atoms with van der Waals surface area (Å²) in [6.07, 6.45) is 2.26. The first-order chi connectivity index (χ1) is 13.9. The highest BCUT2D eigenvalue weighted by Crippen LogP contribution is 2.24. The number of benzene rings is 1. The number of rotatable bonds is 7. The van der Waals surface area contributed by atoms with Gasteiger partial charge in [-0.15, -0.1) is 10.2 Å². The van der Waals surface area contributed by atoms with Gasteiger partial charge in [-0.3, -0.25) is 9.78 Å². The van der Waals surface area contributed by atoms with Crippen LogP contribution in [-0.4, -0.2) is 38.2 Å². The zero-order chi connectivity index (χ0) is 21.0. The number of aromatic nitrogens is 5. The summed E-state index contributed by atoms with van der Waals surface area (Å²) in [7, 11) is 1.62. The lowest BCUT2D eigenvalue weighted by Crippen LogP contribution is -2.33. The van der Waals surface area contributed by atoms with Crippen molar-refractivity contribution in [2.75, 3.05) is 7.11 Å². The van der Waals surface area contributed by atoms with Crippen molar-refractivity contribution in [3.8, 4) is 17.1 Å². The second kappa shape index (κ2) is 9.00. The van der Waals surface area contributed by atoms with E-state index in [1.807, 2.05) is 32.9 Å². The second-order valence-corrected chi connectivity index (χ2v) is 7.06. The highest BCUT2D eigenvalue weighted by atomic mass is 35.5. The molecule has 3 aromatic rings. The summed E-state index contributed by atoms with van der Waals surface area (Å²) in [6, 6.07) is 6.56. The van der Waals surface area contributed by atoms with Crippen molar-refractivity contribution in [1.29, 1.82) is 0 Å². The Morgan fingerprint density at radius 1 is 1.28 bits per heavy atom. The Labute approximate surface area is 174 Å². The monoisotopic (exact) mass is 414 g/mol. The van der Waals surface area contributed by atoms with E-state index in [1.54, 1.807) is 25.4 Å². The first-order valence-corrected chi connectivity index (χ1v) is 9.64. The third-order valence-electron chi connectivity index (χ3n) is 4.68. The molecule has 8 nitrogen and oxygen atoms in total. The van der Waals surface area contributed by atoms with E-state index in [0.29, 0.717) is 17.3 Å². The fourth-order valence-corrected chi connectivity index (χ4v) is 3.19. The van der Waals surface area contributed by atoms with E-state index in [-0.39, 0.29) is 12.5 Å². The summed E-state index contributed by atoms with van der Waals surface area (Å²) in [4.78, 5) is 18.5. The quantitative estimate of drug-likeness (QED) is 0.637. The van der Waals surface area contributed by atoms with Gasteiger partial charge in [0.15, 0.2) is 6.04 Å². The fourth-order valence-electron chi connectivity index (χ4n) is 3.06. The number of ether oxygens (including phenoxy) is 1. The molecule has 1 N–H and O–H groups in total. The number of carbonyl (C=O) groups is 1. The van der Waals surface area contributed by atoms with Gasteiger partial charge in [0.05, 0.1) is 19.3 Å². The molecule has 0 spiro atoms. The van der Waals surface area contributed by atoms with Crippen molar-refractivity contribution in [1.82, 2.24) is 30.5 Å². The summed E-state index contributed by atoms with van der Waals surface area (Å²) in [5.74, 6) is 1.02. The fraction of sp³-hybridized carbons (Fsp3) is 0.350. The highest BCUT2D eigenvalue weighted by molar-refractivity contribution is 6.30. The molecule has 0 aliphatic rings. The Bertz CT molecular complexity index is 1000. The molecule has 2 aromatic heterocycles. The zero-order valence-corrected chi connectivity index (χ0v) is 17.6. The minimum atomic E-state index is -0.573. The van der Waals surface area contributed by atoms with E-state index in [4.69, 9.17) is 16.3 Å². The lowest BCUT2D eigenvalue weighted by atomic mass is 10.1. The van der Waals surface area contributed by atoms with Gasteiger partial charge in [-0.2, -0.15) is 4.80 Å². The van der Waals surface area contributed by atoms with Gasteiger partial charge in [0.2, 0.25) is 11.7 Å². The minimum Gasteiger partial charge on any atom is -0.496 e. The van der Waals surface area contributed by atoms with Crippen LogP contribution in [0.4, 0.5) is 0 Å². The molecule has 1 amide bonds. The standard InChI is InChI=1S/C20H23ClN6O2/c1-5-17(27-25-19(24-26-27)14-6-8-15(21)9-7-14)20(28)23-11-16-13(3)18(29-4)12(2)10-22-16/h6-10,17H,5,11H2,1-4H3,(H,23,28). The Kier molecular flexibility index (Phi) is 6.43. The summed E-state index contributed by atoms with van der Waals surface area (Å²) in [5, 5.41) is 16.0. The minimum absolute atomic E-state index is 0.201. The van der Waals surface area contributed by atoms with Crippen LogP contribution < -0.4 is 10.1 Å². The number of amides is 1. The average molecular weight is 415 g/mol. The summed E-state index contributed by atoms with van der Waals surface area (Å²) >= 11 is 5.92. The van der Waals surface area contributed by atoms with Gasteiger partial charge in [-0.1, -0.05) is 18.5 Å². The lowest BCUT2D eigenvalue weighted by Gasteiger charge is -2.15. The highest BCUT2D eigenvalue weighted by Gasteiger charge is 2.22. The third-order valence-corrected chi connectivity index (χ3v) is 4.93. The number of carbonyl (C=O) groups excluding carboxylic acids is 1. The second-order valence-electron chi connectivity index (χ2n) is 6.63. The van der Waals surface area contributed by atoms with Crippen molar-refractivity contribution in [2.45, 2.75) is 39.8 Å². The first-order valence-electron chi connectivity index (χ1n) is 9.26. The van der Waals surface area contributed by atoms with Crippen LogP contribution >= 0.6 is 11.6 Å². The van der Waals surface area contributed by atoms with Crippen molar-refractivity contribution < 1.29 is 9.53 Å². The van der Waals surface area contributed by atoms with Crippen molar-refractivity contribution >= 4 is 17.5 Å². The number of hydrogen-bond acceptors (Lipinski definition) is 6. The van der Waals surface area contributed by atoms with Gasteiger partial charge >= 0.3 is 0 Å². The van der Waals surface area contributed by atoms with Crippen LogP contribution in [0.2, 0.25) is 5.02 Å². The zero-order valence-electron chi connectivity index (χ0n) is 16.8. The van der Waals surface area contributed by atoms with Crippen LogP contribution in [0.25, 0.3) is 11.4 Å². The van der Waals surface area contributed by atoms with Gasteiger partial charge in [-0.05, 0) is 49.7 Å². The molecule has 2 heterocycles. The molecule has 152 valence electrons. The van der Waals surface area contributed by atoms with Crippen LogP contribution in [0, 0.1) is 13.8 Å². The third kappa shape index (κ3) is 4.54. The molecule has 0 aliphatic carbocycles. The molecule has 0 aliphatic heterocycles. The number of hydrogen-bond donors (Lipinski definition) is 1. The topological polar surface area (TPSA) is 94.8 Å². The van der Waals surface area contributed by atoms with Gasteiger partial charge in [0.25, 0.3) is 0 Å². The Hall–Kier alpha value is -3.00. The van der Waals surface area contributed by atoms with Crippen LogP contribution in [0.1, 0.15) is 36.2 Å². The summed E-state index contributed by atoms with van der Waals surface area (Å²) in [6.45, 7) is 6.04. The predicted octanol–water partition coefficient (Wildman–Crippen LogP) is 3.28. The van der Waals surface area contributed by atoms with E-state index in [2.05, 4.69) is 25.7 Å². The molecule has 0 saturated heterocycles. The molecule has 0 bridgehead atoms. The number of halogens is 1. The SMILES string of the molecule is CCC(C(=O)NCc1ncc(C)c(OC)c1C)n1nnc(-c2ccc(Cl)cc2)n1. The molecular weight excluding hydrogens is 392 g/mol. The van der Waals surface area contributed by atoms with E-state index in [0.717, 1.165) is 28.1 Å². The Morgan fingerprint density at radius 3 is 2.66 bits per heavy atom. The molecule has 1 aromatic carbocycles. The largest absolute Gasteiger partial charge is 0.496 e. The number of aryl methyl sites for hydroxylation is 1. The molecule has 9 heteroatoms. The molecule has 0 fully saturated rings. The van der Waals surface area contributed by atoms with E-state index in [1.165, 1.54) is 4.80 Å². The van der Waals surface area contributed by atoms with Gasteiger partial charge < -0.3 is 10.1 Å². The first kappa shape index (κ1) is 20.7. The lowest BCUT2D eigenvalue weighted by molar-refractivity contribution is -0.125. The van der Waals surface area contributed by atoms with E-state index < -0.39 is 6.04 Å². The van der Waals surface area contributed by atoms with Gasteiger partial charge in [0, 0.05) is 27.9 Å². The normalized spacial score (nSPS) is 11.9. The summed E-state index contributed by atoms with van der Waals surface area (Å²) in [5.41, 5.74) is 3.39. The Morgan fingerprint density at radius 2 is 2.00 bits per heavy atom. The van der Waals surface area contributed by atoms with Crippen LogP contribution in [0.3, 0.4) is 0 Å². The van der Waals surface area contributed by atoms with Crippen molar-refractivity contribution in [2.24, 2.45) is 0 Å². The van der Waals surface area contributed by atoms with Crippen LogP contribution in [0.5, 0.6) is 5.75 Å². The molecule has 1 atom stereocenters. The number of tetrazole rings is 1. The van der Waals surface area contributed by atoms with Crippen molar-refractivity contribution in [3.05, 3.63) is 52.3 Å². The van der Waals surface area contributed by atoms with Crippen molar-refractivity contribution in [3.63, 3.8) is 0 Å². The predicted molar refractivity (Wildman–Crippen MR) is 110 cm³/mol. The van der Waals surface area contributed by atoms with Gasteiger partial charge in [-0.25, -0.2) is 0 Å². The van der Waals surface area contributed by atoms with Gasteiger partial charge in [0.1, 0.15) is 5.75 Å². The number of nitrogens with one attached hydrogen (secondary N) is 1. The number of nitrogens with zero attached hydrogens (tertiary/aromatic N) is 5. The maximum atomic E-state index is 12.8. The molecule has 1 unspecified atom stereocenters. The maximum Gasteiger partial charge on any atom is 0.247 e. The molecule has 3 rings (SSSR count). The Balaban J connectivity index is 1.72. The maximum absolute atomic E-state index is 12.8.